The number of nitrogens with zero attached hydrogens (tertiary/aromatic N) is 3. The molecule has 1 aromatic heterocycles. The fourth-order valence-corrected chi connectivity index (χ4v) is 2.99. The molecule has 0 saturated carbocycles. The number of amides is 1. The number of hydrogen-bond acceptors (Lipinski definition) is 4. The maximum Gasteiger partial charge on any atom is 0.261 e. The average molecular weight is 315 g/mol. The highest BCUT2D eigenvalue weighted by Gasteiger charge is 2.21. The summed E-state index contributed by atoms with van der Waals surface area (Å²) >= 11 is 0. The van der Waals surface area contributed by atoms with Gasteiger partial charge in [-0.15, -0.1) is 0 Å². The van der Waals surface area contributed by atoms with Gasteiger partial charge in [0.2, 0.25) is 5.91 Å². The maximum absolute atomic E-state index is 12.5. The summed E-state index contributed by atoms with van der Waals surface area (Å²) in [7, 11) is 0. The monoisotopic (exact) mass is 315 g/mol. The summed E-state index contributed by atoms with van der Waals surface area (Å²) in [6.45, 7) is 3.43. The van der Waals surface area contributed by atoms with E-state index in [0.29, 0.717) is 43.4 Å². The third kappa shape index (κ3) is 3.27. The van der Waals surface area contributed by atoms with Crippen molar-refractivity contribution in [2.75, 3.05) is 13.1 Å². The van der Waals surface area contributed by atoms with Crippen molar-refractivity contribution < 1.29 is 9.90 Å². The minimum Gasteiger partial charge on any atom is -0.393 e. The summed E-state index contributed by atoms with van der Waals surface area (Å²) in [6.07, 6.45) is 2.75. The summed E-state index contributed by atoms with van der Waals surface area (Å²) in [5, 5.41) is 10.1. The van der Waals surface area contributed by atoms with Gasteiger partial charge in [-0.25, -0.2) is 4.98 Å². The van der Waals surface area contributed by atoms with Crippen LogP contribution < -0.4 is 5.56 Å². The van der Waals surface area contributed by atoms with Gasteiger partial charge in [0.05, 0.1) is 23.3 Å². The third-order valence-electron chi connectivity index (χ3n) is 4.44. The first-order chi connectivity index (χ1) is 11.1. The first-order valence-corrected chi connectivity index (χ1v) is 7.97. The highest BCUT2D eigenvalue weighted by Crippen LogP contribution is 2.13. The number of benzene rings is 1. The van der Waals surface area contributed by atoms with Gasteiger partial charge in [0.15, 0.2) is 0 Å². The van der Waals surface area contributed by atoms with Crippen LogP contribution in [0.4, 0.5) is 0 Å². The normalized spacial score (nSPS) is 16.0. The predicted octanol–water partition coefficient (Wildman–Crippen LogP) is 1.08. The number of aliphatic hydroxyl groups is 1. The molecule has 1 amide bonds. The molecule has 6 heteroatoms. The van der Waals surface area contributed by atoms with Gasteiger partial charge in [-0.05, 0) is 31.4 Å². The molecule has 0 aliphatic carbocycles. The fraction of sp³-hybridized carbons (Fsp3) is 0.471. The number of aryl methyl sites for hydroxylation is 2. The van der Waals surface area contributed by atoms with E-state index < -0.39 is 0 Å². The van der Waals surface area contributed by atoms with Gasteiger partial charge in [0.25, 0.3) is 5.56 Å². The van der Waals surface area contributed by atoms with E-state index >= 15 is 0 Å². The van der Waals surface area contributed by atoms with Crippen molar-refractivity contribution in [1.82, 2.24) is 14.5 Å². The molecule has 3 rings (SSSR count). The number of carbonyl (C=O) groups excluding carboxylic acids is 1. The average Bonchev–Trinajstić information content (AvgIpc) is 2.55. The van der Waals surface area contributed by atoms with Crippen LogP contribution in [0.25, 0.3) is 10.9 Å². The van der Waals surface area contributed by atoms with E-state index in [1.54, 1.807) is 11.0 Å². The Hall–Kier alpha value is -2.21. The van der Waals surface area contributed by atoms with Crippen LogP contribution in [-0.2, 0) is 11.3 Å². The lowest BCUT2D eigenvalue weighted by Gasteiger charge is -2.29. The number of fused-ring (bicyclic) bond motifs is 1. The molecule has 1 aromatic carbocycles. The Morgan fingerprint density at radius 3 is 2.83 bits per heavy atom. The second kappa shape index (κ2) is 6.50. The summed E-state index contributed by atoms with van der Waals surface area (Å²) in [4.78, 5) is 30.8. The summed E-state index contributed by atoms with van der Waals surface area (Å²) in [6, 6.07) is 5.53. The van der Waals surface area contributed by atoms with Gasteiger partial charge >= 0.3 is 0 Å². The second-order valence-electron chi connectivity index (χ2n) is 6.08. The largest absolute Gasteiger partial charge is 0.393 e. The van der Waals surface area contributed by atoms with Gasteiger partial charge in [0, 0.05) is 26.1 Å². The zero-order valence-electron chi connectivity index (χ0n) is 13.2. The number of carbonyl (C=O) groups is 1. The lowest BCUT2D eigenvalue weighted by molar-refractivity contribution is -0.133. The summed E-state index contributed by atoms with van der Waals surface area (Å²) in [5.74, 6) is 0.0214. The standard InChI is InChI=1S/C17H21N3O3/c1-12-3-2-4-14-16(12)18-11-20(17(14)23)10-7-15(22)19-8-5-13(21)6-9-19/h2-4,11,13,21H,5-10H2,1H3. The van der Waals surface area contributed by atoms with Gasteiger partial charge in [-0.3, -0.25) is 14.2 Å². The van der Waals surface area contributed by atoms with E-state index in [4.69, 9.17) is 0 Å². The highest BCUT2D eigenvalue weighted by molar-refractivity contribution is 5.80. The first kappa shape index (κ1) is 15.7. The summed E-state index contributed by atoms with van der Waals surface area (Å²) in [5.41, 5.74) is 1.57. The van der Waals surface area contributed by atoms with Crippen LogP contribution in [0.5, 0.6) is 0 Å². The number of piperidine rings is 1. The minimum absolute atomic E-state index is 0.0214. The van der Waals surface area contributed by atoms with Crippen LogP contribution in [0.1, 0.15) is 24.8 Å². The van der Waals surface area contributed by atoms with Crippen LogP contribution in [0.3, 0.4) is 0 Å². The molecular weight excluding hydrogens is 294 g/mol. The molecule has 0 spiro atoms. The summed E-state index contributed by atoms with van der Waals surface area (Å²) < 4.78 is 1.50. The maximum atomic E-state index is 12.5. The molecule has 1 saturated heterocycles. The number of para-hydroxylation sites is 1. The van der Waals surface area contributed by atoms with E-state index in [0.717, 1.165) is 5.56 Å². The molecule has 0 radical (unpaired) electrons. The SMILES string of the molecule is Cc1cccc2c(=O)n(CCC(=O)N3CCC(O)CC3)cnc12. The van der Waals surface area contributed by atoms with Crippen molar-refractivity contribution in [3.8, 4) is 0 Å². The van der Waals surface area contributed by atoms with Crippen molar-refractivity contribution in [3.05, 3.63) is 40.4 Å². The topological polar surface area (TPSA) is 75.4 Å². The predicted molar refractivity (Wildman–Crippen MR) is 87.2 cm³/mol. The lowest BCUT2D eigenvalue weighted by atomic mass is 10.1. The van der Waals surface area contributed by atoms with E-state index in [9.17, 15) is 14.7 Å². The Labute approximate surface area is 134 Å². The van der Waals surface area contributed by atoms with E-state index in [-0.39, 0.29) is 24.0 Å². The van der Waals surface area contributed by atoms with Crippen LogP contribution in [-0.4, -0.2) is 44.7 Å². The van der Waals surface area contributed by atoms with E-state index in [1.165, 1.54) is 10.9 Å². The fourth-order valence-electron chi connectivity index (χ4n) is 2.99. The van der Waals surface area contributed by atoms with Crippen LogP contribution in [0.2, 0.25) is 0 Å². The molecule has 2 aromatic rings. The van der Waals surface area contributed by atoms with Gasteiger partial charge < -0.3 is 10.0 Å². The van der Waals surface area contributed by atoms with E-state index in [1.807, 2.05) is 19.1 Å². The molecule has 0 atom stereocenters. The molecule has 0 unspecified atom stereocenters. The minimum atomic E-state index is -0.297. The molecule has 6 nitrogen and oxygen atoms in total. The van der Waals surface area contributed by atoms with Crippen molar-refractivity contribution >= 4 is 16.8 Å². The Morgan fingerprint density at radius 1 is 1.35 bits per heavy atom. The Bertz CT molecular complexity index is 776. The van der Waals surface area contributed by atoms with Gasteiger partial charge in [-0.1, -0.05) is 12.1 Å². The highest BCUT2D eigenvalue weighted by atomic mass is 16.3. The molecule has 0 bridgehead atoms. The van der Waals surface area contributed by atoms with Crippen molar-refractivity contribution in [2.24, 2.45) is 0 Å². The molecule has 2 heterocycles. The van der Waals surface area contributed by atoms with Gasteiger partial charge in [0.1, 0.15) is 0 Å². The quantitative estimate of drug-likeness (QED) is 0.919. The van der Waals surface area contributed by atoms with Crippen molar-refractivity contribution in [2.45, 2.75) is 38.8 Å². The van der Waals surface area contributed by atoms with Crippen LogP contribution >= 0.6 is 0 Å². The molecule has 122 valence electrons. The first-order valence-electron chi connectivity index (χ1n) is 7.97. The zero-order chi connectivity index (χ0) is 16.4. The third-order valence-corrected chi connectivity index (χ3v) is 4.44. The lowest BCUT2D eigenvalue weighted by Crippen LogP contribution is -2.40. The molecule has 1 aliphatic heterocycles. The molecule has 1 fully saturated rings. The number of hydrogen-bond donors (Lipinski definition) is 1. The Kier molecular flexibility index (Phi) is 4.43. The molecule has 1 N–H and O–H groups in total. The second-order valence-corrected chi connectivity index (χ2v) is 6.08. The number of aliphatic hydroxyl groups excluding tert-OH is 1. The van der Waals surface area contributed by atoms with Gasteiger partial charge in [-0.2, -0.15) is 0 Å². The van der Waals surface area contributed by atoms with E-state index in [2.05, 4.69) is 4.98 Å². The number of likely N-dealkylation sites (tertiary alicyclic amines) is 1. The molecular formula is C17H21N3O3. The number of aromatic nitrogens is 2. The number of rotatable bonds is 3. The Balaban J connectivity index is 1.71. The van der Waals surface area contributed by atoms with Crippen molar-refractivity contribution in [3.63, 3.8) is 0 Å². The smallest absolute Gasteiger partial charge is 0.261 e. The zero-order valence-corrected chi connectivity index (χ0v) is 13.2. The van der Waals surface area contributed by atoms with Crippen LogP contribution in [0, 0.1) is 6.92 Å². The van der Waals surface area contributed by atoms with Crippen LogP contribution in [0.15, 0.2) is 29.3 Å². The van der Waals surface area contributed by atoms with Crippen molar-refractivity contribution in [1.29, 1.82) is 0 Å². The molecule has 1 aliphatic rings. The molecule has 23 heavy (non-hydrogen) atoms. The Morgan fingerprint density at radius 2 is 2.09 bits per heavy atom.